The second kappa shape index (κ2) is 7.42. The Labute approximate surface area is 148 Å². The van der Waals surface area contributed by atoms with Crippen molar-refractivity contribution >= 4 is 11.7 Å². The number of urea groups is 1. The number of carbonyl (C=O) groups excluding carboxylic acids is 1. The van der Waals surface area contributed by atoms with Crippen molar-refractivity contribution in [2.45, 2.75) is 32.5 Å². The molecule has 0 aliphatic carbocycles. The monoisotopic (exact) mass is 340 g/mol. The number of pyridine rings is 1. The third kappa shape index (κ3) is 4.41. The first kappa shape index (κ1) is 17.1. The molecule has 0 saturated heterocycles. The minimum atomic E-state index is -0.205. The van der Waals surface area contributed by atoms with Crippen LogP contribution < -0.4 is 20.3 Å². The molecule has 0 saturated carbocycles. The Hall–Kier alpha value is -2.76. The number of nitrogens with zero attached hydrogens (tertiary/aromatic N) is 2. The standard InChI is InChI=1S/C19H24N4O2/c1-13-8-15-9-14(4-7-18(15)25-13)10-21-19(24)22-11-16-5-6-17(12-20-16)23(2)3/h4-7,9,12-13H,8,10-11H2,1-3H3,(H2,21,22,24). The van der Waals surface area contributed by atoms with E-state index in [1.165, 1.54) is 5.56 Å². The lowest BCUT2D eigenvalue weighted by Crippen LogP contribution is -2.34. The minimum absolute atomic E-state index is 0.205. The van der Waals surface area contributed by atoms with Crippen LogP contribution in [0.15, 0.2) is 36.5 Å². The first-order valence-electron chi connectivity index (χ1n) is 8.43. The van der Waals surface area contributed by atoms with Gasteiger partial charge in [0.05, 0.1) is 24.1 Å². The van der Waals surface area contributed by atoms with Gasteiger partial charge in [-0.1, -0.05) is 12.1 Å². The zero-order valence-corrected chi connectivity index (χ0v) is 14.9. The van der Waals surface area contributed by atoms with Gasteiger partial charge in [-0.05, 0) is 36.2 Å². The van der Waals surface area contributed by atoms with Gasteiger partial charge in [-0.25, -0.2) is 4.79 Å². The number of nitrogens with one attached hydrogen (secondary N) is 2. The number of hydrogen-bond donors (Lipinski definition) is 2. The molecule has 2 heterocycles. The summed E-state index contributed by atoms with van der Waals surface area (Å²) in [6.07, 6.45) is 2.94. The van der Waals surface area contributed by atoms with Gasteiger partial charge in [0.2, 0.25) is 0 Å². The van der Waals surface area contributed by atoms with Gasteiger partial charge >= 0.3 is 6.03 Å². The van der Waals surface area contributed by atoms with Crippen molar-refractivity contribution in [1.29, 1.82) is 0 Å². The third-order valence-corrected chi connectivity index (χ3v) is 4.17. The van der Waals surface area contributed by atoms with Gasteiger partial charge in [-0.2, -0.15) is 0 Å². The van der Waals surface area contributed by atoms with Crippen molar-refractivity contribution in [2.24, 2.45) is 0 Å². The van der Waals surface area contributed by atoms with Gasteiger partial charge in [0, 0.05) is 27.1 Å². The highest BCUT2D eigenvalue weighted by atomic mass is 16.5. The topological polar surface area (TPSA) is 66.5 Å². The molecule has 1 unspecified atom stereocenters. The van der Waals surface area contributed by atoms with Gasteiger partial charge in [-0.15, -0.1) is 0 Å². The third-order valence-electron chi connectivity index (χ3n) is 4.17. The second-order valence-electron chi connectivity index (χ2n) is 6.51. The Balaban J connectivity index is 1.46. The summed E-state index contributed by atoms with van der Waals surface area (Å²) in [5.74, 6) is 0.952. The molecule has 2 amide bonds. The maximum Gasteiger partial charge on any atom is 0.315 e. The Morgan fingerprint density at radius 2 is 2.04 bits per heavy atom. The van der Waals surface area contributed by atoms with Gasteiger partial charge in [-0.3, -0.25) is 4.98 Å². The average Bonchev–Trinajstić information content (AvgIpc) is 2.97. The van der Waals surface area contributed by atoms with Crippen molar-refractivity contribution in [2.75, 3.05) is 19.0 Å². The molecule has 25 heavy (non-hydrogen) atoms. The highest BCUT2D eigenvalue weighted by Gasteiger charge is 2.18. The molecule has 6 heteroatoms. The fourth-order valence-corrected chi connectivity index (χ4v) is 2.79. The minimum Gasteiger partial charge on any atom is -0.490 e. The summed E-state index contributed by atoms with van der Waals surface area (Å²) >= 11 is 0. The molecule has 2 N–H and O–H groups in total. The number of fused-ring (bicyclic) bond motifs is 1. The first-order valence-corrected chi connectivity index (χ1v) is 8.43. The summed E-state index contributed by atoms with van der Waals surface area (Å²) in [5.41, 5.74) is 4.13. The zero-order valence-electron chi connectivity index (χ0n) is 14.9. The van der Waals surface area contributed by atoms with Crippen LogP contribution in [0.3, 0.4) is 0 Å². The maximum absolute atomic E-state index is 12.0. The first-order chi connectivity index (χ1) is 12.0. The summed E-state index contributed by atoms with van der Waals surface area (Å²) in [7, 11) is 3.93. The summed E-state index contributed by atoms with van der Waals surface area (Å²) in [6, 6.07) is 9.75. The van der Waals surface area contributed by atoms with E-state index in [0.717, 1.165) is 29.1 Å². The highest BCUT2D eigenvalue weighted by Crippen LogP contribution is 2.29. The van der Waals surface area contributed by atoms with Gasteiger partial charge in [0.1, 0.15) is 11.9 Å². The Bertz CT molecular complexity index is 744. The molecule has 0 spiro atoms. The summed E-state index contributed by atoms with van der Waals surface area (Å²) < 4.78 is 5.69. The molecule has 132 valence electrons. The van der Waals surface area contributed by atoms with Crippen LogP contribution >= 0.6 is 0 Å². The maximum atomic E-state index is 12.0. The van der Waals surface area contributed by atoms with Crippen LogP contribution in [0.1, 0.15) is 23.7 Å². The lowest BCUT2D eigenvalue weighted by Gasteiger charge is -2.12. The van der Waals surface area contributed by atoms with E-state index in [2.05, 4.69) is 28.6 Å². The molecule has 1 aromatic carbocycles. The van der Waals surface area contributed by atoms with E-state index in [1.54, 1.807) is 6.20 Å². The Morgan fingerprint density at radius 3 is 2.76 bits per heavy atom. The molecule has 1 aliphatic rings. The molecular weight excluding hydrogens is 316 g/mol. The lowest BCUT2D eigenvalue weighted by molar-refractivity contribution is 0.240. The Kier molecular flexibility index (Phi) is 5.07. The van der Waals surface area contributed by atoms with E-state index >= 15 is 0 Å². The van der Waals surface area contributed by atoms with E-state index in [9.17, 15) is 4.79 Å². The van der Waals surface area contributed by atoms with Crippen molar-refractivity contribution in [1.82, 2.24) is 15.6 Å². The van der Waals surface area contributed by atoms with Crippen LogP contribution in [0, 0.1) is 0 Å². The van der Waals surface area contributed by atoms with E-state index < -0.39 is 0 Å². The number of aromatic nitrogens is 1. The van der Waals surface area contributed by atoms with Gasteiger partial charge in [0.25, 0.3) is 0 Å². The molecule has 2 aromatic rings. The fraction of sp³-hybridized carbons (Fsp3) is 0.368. The molecule has 6 nitrogen and oxygen atoms in total. The van der Waals surface area contributed by atoms with E-state index in [1.807, 2.05) is 43.3 Å². The largest absolute Gasteiger partial charge is 0.490 e. The molecule has 0 bridgehead atoms. The van der Waals surface area contributed by atoms with E-state index in [-0.39, 0.29) is 12.1 Å². The molecular formula is C19H24N4O2. The number of rotatable bonds is 5. The van der Waals surface area contributed by atoms with Crippen molar-refractivity contribution in [3.05, 3.63) is 53.3 Å². The number of anilines is 1. The molecule has 1 aliphatic heterocycles. The normalized spacial score (nSPS) is 15.2. The second-order valence-corrected chi connectivity index (χ2v) is 6.51. The van der Waals surface area contributed by atoms with E-state index in [0.29, 0.717) is 13.1 Å². The molecule has 3 rings (SSSR count). The van der Waals surface area contributed by atoms with Crippen LogP contribution in [0.5, 0.6) is 5.75 Å². The molecule has 0 fully saturated rings. The quantitative estimate of drug-likeness (QED) is 0.877. The smallest absolute Gasteiger partial charge is 0.315 e. The predicted molar refractivity (Wildman–Crippen MR) is 97.9 cm³/mol. The molecule has 1 aromatic heterocycles. The SMILES string of the molecule is CC1Cc2cc(CNC(=O)NCc3ccc(N(C)C)cn3)ccc2O1. The molecule has 1 atom stereocenters. The Morgan fingerprint density at radius 1 is 1.24 bits per heavy atom. The number of hydrogen-bond acceptors (Lipinski definition) is 4. The van der Waals surface area contributed by atoms with Crippen LogP contribution in [0.4, 0.5) is 10.5 Å². The summed E-state index contributed by atoms with van der Waals surface area (Å²) in [5, 5.41) is 5.70. The lowest BCUT2D eigenvalue weighted by atomic mass is 10.1. The number of benzene rings is 1. The highest BCUT2D eigenvalue weighted by molar-refractivity contribution is 5.73. The van der Waals surface area contributed by atoms with Crippen LogP contribution in [-0.4, -0.2) is 31.2 Å². The molecule has 0 radical (unpaired) electrons. The van der Waals surface area contributed by atoms with Crippen LogP contribution in [0.25, 0.3) is 0 Å². The number of amides is 2. The summed E-state index contributed by atoms with van der Waals surface area (Å²) in [6.45, 7) is 2.94. The number of carbonyl (C=O) groups is 1. The van der Waals surface area contributed by atoms with E-state index in [4.69, 9.17) is 4.74 Å². The van der Waals surface area contributed by atoms with Gasteiger partial charge in [0.15, 0.2) is 0 Å². The zero-order chi connectivity index (χ0) is 17.8. The predicted octanol–water partition coefficient (Wildman–Crippen LogP) is 2.47. The van der Waals surface area contributed by atoms with Crippen molar-refractivity contribution in [3.8, 4) is 5.75 Å². The van der Waals surface area contributed by atoms with Crippen LogP contribution in [0.2, 0.25) is 0 Å². The van der Waals surface area contributed by atoms with Crippen molar-refractivity contribution in [3.63, 3.8) is 0 Å². The number of ether oxygens (including phenoxy) is 1. The average molecular weight is 340 g/mol. The van der Waals surface area contributed by atoms with Crippen molar-refractivity contribution < 1.29 is 9.53 Å². The van der Waals surface area contributed by atoms with Crippen LogP contribution in [-0.2, 0) is 19.5 Å². The fourth-order valence-electron chi connectivity index (χ4n) is 2.79. The van der Waals surface area contributed by atoms with Gasteiger partial charge < -0.3 is 20.3 Å². The summed E-state index contributed by atoms with van der Waals surface area (Å²) in [4.78, 5) is 18.3.